The number of nitrogens with zero attached hydrogens (tertiary/aromatic N) is 2. The average molecular weight is 331 g/mol. The van der Waals surface area contributed by atoms with Gasteiger partial charge in [-0.25, -0.2) is 4.98 Å². The monoisotopic (exact) mass is 330 g/mol. The first-order valence-electron chi connectivity index (χ1n) is 6.31. The van der Waals surface area contributed by atoms with Gasteiger partial charge in [-0.15, -0.1) is 0 Å². The molecule has 3 rings (SSSR count). The second kappa shape index (κ2) is 5.83. The molecule has 0 unspecified atom stereocenters. The van der Waals surface area contributed by atoms with Crippen LogP contribution in [0, 0.1) is 0 Å². The largest absolute Gasteiger partial charge is 0.296 e. The van der Waals surface area contributed by atoms with Gasteiger partial charge in [0.2, 0.25) is 5.78 Å². The molecule has 0 aliphatic carbocycles. The Morgan fingerprint density at radius 3 is 2.64 bits per heavy atom. The molecule has 0 radical (unpaired) electrons. The summed E-state index contributed by atoms with van der Waals surface area (Å²) in [6.45, 7) is 0. The van der Waals surface area contributed by atoms with Crippen molar-refractivity contribution in [2.75, 3.05) is 0 Å². The van der Waals surface area contributed by atoms with Crippen molar-refractivity contribution >= 4 is 46.2 Å². The van der Waals surface area contributed by atoms with Gasteiger partial charge < -0.3 is 0 Å². The number of hydrogen-bond donors (Lipinski definition) is 0. The first-order valence-corrected chi connectivity index (χ1v) is 7.06. The van der Waals surface area contributed by atoms with Gasteiger partial charge in [0.05, 0.1) is 10.5 Å². The van der Waals surface area contributed by atoms with E-state index in [9.17, 15) is 9.59 Å². The highest BCUT2D eigenvalue weighted by Gasteiger charge is 2.17. The summed E-state index contributed by atoms with van der Waals surface area (Å²) in [5.74, 6) is -0.325. The summed E-state index contributed by atoms with van der Waals surface area (Å²) in [5, 5.41) is 1.15. The van der Waals surface area contributed by atoms with E-state index in [1.54, 1.807) is 24.3 Å². The van der Waals surface area contributed by atoms with Crippen molar-refractivity contribution in [3.63, 3.8) is 0 Å². The molecular weight excluding hydrogens is 323 g/mol. The molecule has 0 saturated carbocycles. The van der Waals surface area contributed by atoms with Crippen LogP contribution in [0.4, 0.5) is 0 Å². The van der Waals surface area contributed by atoms with Crippen molar-refractivity contribution in [1.82, 2.24) is 9.97 Å². The Labute approximate surface area is 135 Å². The van der Waals surface area contributed by atoms with E-state index in [0.29, 0.717) is 22.2 Å². The molecule has 4 nitrogen and oxygen atoms in total. The molecule has 0 fully saturated rings. The van der Waals surface area contributed by atoms with Crippen molar-refractivity contribution in [1.29, 1.82) is 0 Å². The van der Waals surface area contributed by atoms with Crippen LogP contribution in [-0.2, 0) is 0 Å². The first kappa shape index (κ1) is 14.6. The number of benzene rings is 1. The molecule has 0 saturated heterocycles. The lowest BCUT2D eigenvalue weighted by atomic mass is 10.0. The third-order valence-electron chi connectivity index (χ3n) is 3.11. The van der Waals surface area contributed by atoms with E-state index in [1.165, 1.54) is 18.3 Å². The lowest BCUT2D eigenvalue weighted by Crippen LogP contribution is -2.06. The minimum absolute atomic E-state index is 0.121. The van der Waals surface area contributed by atoms with Crippen LogP contribution in [0.2, 0.25) is 10.0 Å². The van der Waals surface area contributed by atoms with Crippen LogP contribution in [0.1, 0.15) is 26.5 Å². The van der Waals surface area contributed by atoms with Crippen LogP contribution < -0.4 is 0 Å². The van der Waals surface area contributed by atoms with Gasteiger partial charge in [0.25, 0.3) is 0 Å². The van der Waals surface area contributed by atoms with Gasteiger partial charge in [-0.2, -0.15) is 0 Å². The Balaban J connectivity index is 2.32. The molecule has 0 amide bonds. The summed E-state index contributed by atoms with van der Waals surface area (Å²) >= 11 is 12.1. The summed E-state index contributed by atoms with van der Waals surface area (Å²) in [5.41, 5.74) is 1.03. The molecule has 0 bridgehead atoms. The van der Waals surface area contributed by atoms with Crippen molar-refractivity contribution in [2.24, 2.45) is 0 Å². The third kappa shape index (κ3) is 2.58. The molecule has 0 N–H and O–H groups in total. The molecule has 2 aromatic heterocycles. The minimum Gasteiger partial charge on any atom is -0.296 e. The van der Waals surface area contributed by atoms with Crippen LogP contribution in [0.3, 0.4) is 0 Å². The maximum absolute atomic E-state index is 12.7. The second-order valence-corrected chi connectivity index (χ2v) is 5.38. The quantitative estimate of drug-likeness (QED) is 0.538. The smallest absolute Gasteiger partial charge is 0.212 e. The van der Waals surface area contributed by atoms with Crippen molar-refractivity contribution in [3.8, 4) is 0 Å². The van der Waals surface area contributed by atoms with Gasteiger partial charge in [-0.05, 0) is 30.3 Å². The number of ketones is 1. The number of rotatable bonds is 3. The van der Waals surface area contributed by atoms with Gasteiger partial charge in [-0.1, -0.05) is 29.3 Å². The van der Waals surface area contributed by atoms with Crippen LogP contribution in [0.5, 0.6) is 0 Å². The number of aromatic nitrogens is 2. The topological polar surface area (TPSA) is 59.9 Å². The zero-order valence-electron chi connectivity index (χ0n) is 11.1. The highest BCUT2D eigenvalue weighted by molar-refractivity contribution is 6.39. The average Bonchev–Trinajstić information content (AvgIpc) is 2.54. The van der Waals surface area contributed by atoms with Gasteiger partial charge in [0.15, 0.2) is 6.29 Å². The number of aldehydes is 1. The van der Waals surface area contributed by atoms with E-state index >= 15 is 0 Å². The van der Waals surface area contributed by atoms with Crippen LogP contribution in [-0.4, -0.2) is 22.0 Å². The molecule has 0 aliphatic heterocycles. The zero-order valence-corrected chi connectivity index (χ0v) is 12.6. The molecule has 6 heteroatoms. The van der Waals surface area contributed by atoms with Crippen molar-refractivity contribution in [3.05, 3.63) is 69.6 Å². The fraction of sp³-hybridized carbons (Fsp3) is 0. The number of carbonyl (C=O) groups is 2. The zero-order chi connectivity index (χ0) is 15.7. The molecule has 0 spiro atoms. The molecule has 0 aliphatic rings. The number of fused-ring (bicyclic) bond motifs is 1. The summed E-state index contributed by atoms with van der Waals surface area (Å²) in [7, 11) is 0. The van der Waals surface area contributed by atoms with Gasteiger partial charge in [0.1, 0.15) is 11.4 Å². The Hall–Kier alpha value is -2.30. The summed E-state index contributed by atoms with van der Waals surface area (Å²) in [6, 6.07) is 9.55. The normalized spacial score (nSPS) is 10.6. The van der Waals surface area contributed by atoms with E-state index < -0.39 is 0 Å². The molecule has 2 heterocycles. The lowest BCUT2D eigenvalue weighted by Gasteiger charge is -2.08. The Kier molecular flexibility index (Phi) is 3.88. The molecule has 108 valence electrons. The molecular formula is C16H8Cl2N2O2. The highest BCUT2D eigenvalue weighted by Crippen LogP contribution is 2.30. The number of hydrogen-bond acceptors (Lipinski definition) is 4. The highest BCUT2D eigenvalue weighted by atomic mass is 35.5. The standard InChI is InChI=1S/C16H8Cl2N2O2/c17-9-5-11-12(16(22)14-3-1-2-4-19-14)7-10(8-21)20-15(11)13(18)6-9/h1-8H. The minimum atomic E-state index is -0.325. The predicted molar refractivity (Wildman–Crippen MR) is 84.8 cm³/mol. The van der Waals surface area contributed by atoms with E-state index in [4.69, 9.17) is 23.2 Å². The molecule has 0 atom stereocenters. The maximum Gasteiger partial charge on any atom is 0.212 e. The fourth-order valence-electron chi connectivity index (χ4n) is 2.16. The van der Waals surface area contributed by atoms with Crippen molar-refractivity contribution in [2.45, 2.75) is 0 Å². The van der Waals surface area contributed by atoms with Gasteiger partial charge in [0, 0.05) is 22.2 Å². The van der Waals surface area contributed by atoms with Crippen molar-refractivity contribution < 1.29 is 9.59 Å². The van der Waals surface area contributed by atoms with Crippen LogP contribution in [0.15, 0.2) is 42.6 Å². The second-order valence-electron chi connectivity index (χ2n) is 4.54. The molecule has 22 heavy (non-hydrogen) atoms. The number of halogens is 2. The summed E-state index contributed by atoms with van der Waals surface area (Å²) in [6.07, 6.45) is 2.09. The van der Waals surface area contributed by atoms with Gasteiger partial charge in [-0.3, -0.25) is 14.6 Å². The summed E-state index contributed by atoms with van der Waals surface area (Å²) in [4.78, 5) is 31.9. The van der Waals surface area contributed by atoms with E-state index in [-0.39, 0.29) is 27.8 Å². The predicted octanol–water partition coefficient (Wildman–Crippen LogP) is 3.98. The Morgan fingerprint density at radius 2 is 1.95 bits per heavy atom. The van der Waals surface area contributed by atoms with E-state index in [2.05, 4.69) is 9.97 Å². The Morgan fingerprint density at radius 1 is 1.14 bits per heavy atom. The summed E-state index contributed by atoms with van der Waals surface area (Å²) < 4.78 is 0. The molecule has 1 aromatic carbocycles. The van der Waals surface area contributed by atoms with E-state index in [0.717, 1.165) is 0 Å². The van der Waals surface area contributed by atoms with Crippen LogP contribution >= 0.6 is 23.2 Å². The number of carbonyl (C=O) groups excluding carboxylic acids is 2. The molecule has 3 aromatic rings. The maximum atomic E-state index is 12.7. The fourth-order valence-corrected chi connectivity index (χ4v) is 2.69. The SMILES string of the molecule is O=Cc1cc(C(=O)c2ccccn2)c2cc(Cl)cc(Cl)c2n1. The van der Waals surface area contributed by atoms with Gasteiger partial charge >= 0.3 is 0 Å². The lowest BCUT2D eigenvalue weighted by molar-refractivity contribution is 0.103. The van der Waals surface area contributed by atoms with Crippen LogP contribution in [0.25, 0.3) is 10.9 Å². The third-order valence-corrected chi connectivity index (χ3v) is 3.62. The number of pyridine rings is 2. The Bertz CT molecular complexity index is 896. The first-order chi connectivity index (χ1) is 10.6. The van der Waals surface area contributed by atoms with E-state index in [1.807, 2.05) is 0 Å².